The number of rotatable bonds is 1. The number of aromatic nitrogens is 2. The Morgan fingerprint density at radius 3 is 3.27 bits per heavy atom. The Morgan fingerprint density at radius 1 is 1.82 bits per heavy atom. The van der Waals surface area contributed by atoms with Crippen LogP contribution >= 0.6 is 0 Å². The van der Waals surface area contributed by atoms with E-state index in [1.165, 1.54) is 6.20 Å². The molecule has 0 atom stereocenters. The van der Waals surface area contributed by atoms with Crippen molar-refractivity contribution in [3.8, 4) is 0 Å². The summed E-state index contributed by atoms with van der Waals surface area (Å²) in [6, 6.07) is 1.70. The number of hydrogen-bond acceptors (Lipinski definition) is 3. The van der Waals surface area contributed by atoms with Gasteiger partial charge in [-0.15, -0.1) is 5.10 Å². The summed E-state index contributed by atoms with van der Waals surface area (Å²) in [5.74, 6) is -0.351. The molecule has 1 N–H and O–H groups in total. The zero-order valence-electron chi connectivity index (χ0n) is 7.16. The maximum absolute atomic E-state index is 11.1. The summed E-state index contributed by atoms with van der Waals surface area (Å²) in [5.41, 5.74) is 1.04. The van der Waals surface area contributed by atoms with E-state index in [4.69, 9.17) is 1.37 Å². The standard InChI is InChI=1S/C7H9N3O/c1-5-3-4-9-10-6(5)7(11)8-2/h3-4H,1-2H3,(H,8,11)/i2D. The van der Waals surface area contributed by atoms with Gasteiger partial charge >= 0.3 is 0 Å². The Labute approximate surface area is 66.1 Å². The van der Waals surface area contributed by atoms with Crippen LogP contribution in [0.3, 0.4) is 0 Å². The van der Waals surface area contributed by atoms with Crippen LogP contribution in [-0.2, 0) is 0 Å². The lowest BCUT2D eigenvalue weighted by Gasteiger charge is -1.99. The molecule has 4 heteroatoms. The van der Waals surface area contributed by atoms with Gasteiger partial charge in [0.15, 0.2) is 5.69 Å². The summed E-state index contributed by atoms with van der Waals surface area (Å²) in [6.07, 6.45) is 1.52. The van der Waals surface area contributed by atoms with Gasteiger partial charge in [0.25, 0.3) is 5.91 Å². The maximum Gasteiger partial charge on any atom is 0.271 e. The van der Waals surface area contributed by atoms with Crippen LogP contribution in [0.1, 0.15) is 17.4 Å². The van der Waals surface area contributed by atoms with E-state index < -0.39 is 0 Å². The second kappa shape index (κ2) is 3.09. The van der Waals surface area contributed by atoms with E-state index in [9.17, 15) is 4.79 Å². The van der Waals surface area contributed by atoms with Crippen molar-refractivity contribution < 1.29 is 6.17 Å². The van der Waals surface area contributed by atoms with Crippen molar-refractivity contribution in [2.24, 2.45) is 0 Å². The van der Waals surface area contributed by atoms with E-state index in [0.717, 1.165) is 5.56 Å². The summed E-state index contributed by atoms with van der Waals surface area (Å²) in [4.78, 5) is 11.1. The molecule has 0 saturated heterocycles. The minimum Gasteiger partial charge on any atom is -0.354 e. The summed E-state index contributed by atoms with van der Waals surface area (Å²) in [7, 11) is -0.144. The Morgan fingerprint density at radius 2 is 2.64 bits per heavy atom. The second-order valence-corrected chi connectivity index (χ2v) is 2.07. The molecule has 0 saturated carbocycles. The highest BCUT2D eigenvalue weighted by atomic mass is 16.1. The molecule has 11 heavy (non-hydrogen) atoms. The largest absolute Gasteiger partial charge is 0.354 e. The van der Waals surface area contributed by atoms with Crippen molar-refractivity contribution in [2.45, 2.75) is 6.92 Å². The second-order valence-electron chi connectivity index (χ2n) is 2.07. The van der Waals surface area contributed by atoms with Gasteiger partial charge in [0.05, 0.1) is 0 Å². The van der Waals surface area contributed by atoms with Gasteiger partial charge in [-0.1, -0.05) is 0 Å². The van der Waals surface area contributed by atoms with E-state index in [0.29, 0.717) is 0 Å². The Hall–Kier alpha value is -1.45. The number of aryl methyl sites for hydroxylation is 1. The molecule has 1 heterocycles. The van der Waals surface area contributed by atoms with E-state index in [2.05, 4.69) is 15.5 Å². The number of carbonyl (C=O) groups excluding carboxylic acids is 1. The smallest absolute Gasteiger partial charge is 0.271 e. The lowest BCUT2D eigenvalue weighted by atomic mass is 10.2. The van der Waals surface area contributed by atoms with Crippen LogP contribution in [0.4, 0.5) is 0 Å². The third kappa shape index (κ3) is 1.52. The number of nitrogens with zero attached hydrogens (tertiary/aromatic N) is 2. The van der Waals surface area contributed by atoms with Gasteiger partial charge in [0, 0.05) is 14.6 Å². The normalized spacial score (nSPS) is 10.5. The average Bonchev–Trinajstić information content (AvgIpc) is 2.05. The van der Waals surface area contributed by atoms with Gasteiger partial charge < -0.3 is 5.32 Å². The van der Waals surface area contributed by atoms with Crippen LogP contribution in [0.5, 0.6) is 0 Å². The Kier molecular flexibility index (Phi) is 1.76. The van der Waals surface area contributed by atoms with Crippen LogP contribution in [0, 0.1) is 6.92 Å². The summed E-state index contributed by atoms with van der Waals surface area (Å²) >= 11 is 0. The molecule has 0 aliphatic rings. The lowest BCUT2D eigenvalue weighted by Crippen LogP contribution is -2.20. The fourth-order valence-corrected chi connectivity index (χ4v) is 0.702. The number of carbonyl (C=O) groups is 1. The zero-order chi connectivity index (χ0) is 8.97. The molecule has 0 aliphatic heterocycles. The molecule has 4 nitrogen and oxygen atoms in total. The number of amides is 1. The molecule has 0 fully saturated rings. The van der Waals surface area contributed by atoms with Crippen LogP contribution in [0.15, 0.2) is 12.3 Å². The van der Waals surface area contributed by atoms with E-state index in [1.54, 1.807) is 13.0 Å². The fourth-order valence-electron chi connectivity index (χ4n) is 0.702. The van der Waals surface area contributed by atoms with Gasteiger partial charge in [-0.05, 0) is 18.6 Å². The topological polar surface area (TPSA) is 54.9 Å². The number of nitrogens with one attached hydrogen (secondary N) is 1. The molecule has 0 spiro atoms. The SMILES string of the molecule is [2H]CNC(=O)c1nnccc1C. The molecule has 1 aromatic heterocycles. The third-order valence-electron chi connectivity index (χ3n) is 1.30. The van der Waals surface area contributed by atoms with E-state index in [-0.39, 0.29) is 18.6 Å². The Bertz CT molecular complexity index is 290. The summed E-state index contributed by atoms with van der Waals surface area (Å²) < 4.78 is 6.77. The molecule has 58 valence electrons. The first-order valence-electron chi connectivity index (χ1n) is 3.82. The molecule has 1 amide bonds. The highest BCUT2D eigenvalue weighted by molar-refractivity contribution is 5.93. The van der Waals surface area contributed by atoms with Crippen molar-refractivity contribution in [1.29, 1.82) is 0 Å². The first-order valence-corrected chi connectivity index (χ1v) is 3.11. The third-order valence-corrected chi connectivity index (χ3v) is 1.30. The maximum atomic E-state index is 11.1. The number of hydrogen-bond donors (Lipinski definition) is 1. The van der Waals surface area contributed by atoms with Crippen LogP contribution < -0.4 is 5.32 Å². The lowest BCUT2D eigenvalue weighted by molar-refractivity contribution is 0.0956. The van der Waals surface area contributed by atoms with Gasteiger partial charge in [-0.25, -0.2) is 0 Å². The predicted octanol–water partition coefficient (Wildman–Crippen LogP) is 0.145. The van der Waals surface area contributed by atoms with Gasteiger partial charge in [0.2, 0.25) is 0 Å². The van der Waals surface area contributed by atoms with Crippen molar-refractivity contribution in [2.75, 3.05) is 7.02 Å². The monoisotopic (exact) mass is 152 g/mol. The molecule has 0 bridgehead atoms. The molecule has 0 radical (unpaired) electrons. The molecule has 0 unspecified atom stereocenters. The van der Waals surface area contributed by atoms with Crippen LogP contribution in [-0.4, -0.2) is 23.1 Å². The van der Waals surface area contributed by atoms with Crippen molar-refractivity contribution in [3.63, 3.8) is 0 Å². The van der Waals surface area contributed by atoms with Crippen LogP contribution in [0.25, 0.3) is 0 Å². The molecular formula is C7H9N3O. The van der Waals surface area contributed by atoms with Gasteiger partial charge in [-0.2, -0.15) is 5.10 Å². The highest BCUT2D eigenvalue weighted by Crippen LogP contribution is 1.99. The molecular weight excluding hydrogens is 142 g/mol. The average molecular weight is 152 g/mol. The van der Waals surface area contributed by atoms with Gasteiger partial charge in [-0.3, -0.25) is 4.79 Å². The molecule has 0 aromatic carbocycles. The minimum absolute atomic E-state index is 0.144. The molecule has 1 aromatic rings. The van der Waals surface area contributed by atoms with E-state index >= 15 is 0 Å². The van der Waals surface area contributed by atoms with Crippen molar-refractivity contribution in [3.05, 3.63) is 23.5 Å². The summed E-state index contributed by atoms with van der Waals surface area (Å²) in [6.45, 7) is 1.77. The fraction of sp³-hybridized carbons (Fsp3) is 0.286. The van der Waals surface area contributed by atoms with Gasteiger partial charge in [0.1, 0.15) is 0 Å². The van der Waals surface area contributed by atoms with E-state index in [1.807, 2.05) is 0 Å². The highest BCUT2D eigenvalue weighted by Gasteiger charge is 2.06. The first kappa shape index (κ1) is 6.27. The quantitative estimate of drug-likeness (QED) is 0.623. The molecule has 1 rings (SSSR count). The van der Waals surface area contributed by atoms with Crippen molar-refractivity contribution in [1.82, 2.24) is 15.5 Å². The molecule has 0 aliphatic carbocycles. The van der Waals surface area contributed by atoms with Crippen molar-refractivity contribution >= 4 is 5.91 Å². The minimum atomic E-state index is -0.351. The zero-order valence-corrected chi connectivity index (χ0v) is 6.16. The first-order chi connectivity index (χ1) is 5.75. The summed E-state index contributed by atoms with van der Waals surface area (Å²) in [5, 5.41) is 9.56. The Balaban J connectivity index is 2.87. The van der Waals surface area contributed by atoms with Crippen LogP contribution in [0.2, 0.25) is 0 Å². The predicted molar refractivity (Wildman–Crippen MR) is 40.2 cm³/mol.